The molecule has 0 saturated carbocycles. The normalized spacial score (nSPS) is 18.0. The number of carbonyl (C=O) groups excluding carboxylic acids is 1. The van der Waals surface area contributed by atoms with Crippen LogP contribution in [0.25, 0.3) is 21.9 Å². The minimum Gasteiger partial charge on any atom is -0.492 e. The summed E-state index contributed by atoms with van der Waals surface area (Å²) in [6, 6.07) is 19.7. The van der Waals surface area contributed by atoms with Crippen LogP contribution in [0.5, 0.6) is 17.2 Å². The van der Waals surface area contributed by atoms with E-state index in [0.717, 1.165) is 49.3 Å². The third-order valence-corrected chi connectivity index (χ3v) is 8.41. The Morgan fingerprint density at radius 3 is 2.74 bits per heavy atom. The fourth-order valence-electron chi connectivity index (χ4n) is 6.20. The predicted octanol–water partition coefficient (Wildman–Crippen LogP) is 4.46. The number of carbonyl (C=O) groups is 1. The van der Waals surface area contributed by atoms with Gasteiger partial charge in [0.2, 0.25) is 6.79 Å². The SMILES string of the molecule is O=C(c1cc2cc(OCCN3CCOCC3)ccc2o1)N1Cc2c([nH]c3ccccc3c2=O)C1c1ccc2c(c1)OCO2. The first kappa shape index (κ1) is 25.9. The zero-order valence-corrected chi connectivity index (χ0v) is 23.3. The molecule has 10 nitrogen and oxygen atoms in total. The first-order chi connectivity index (χ1) is 21.1. The molecule has 0 bridgehead atoms. The van der Waals surface area contributed by atoms with Gasteiger partial charge in [0, 0.05) is 41.5 Å². The van der Waals surface area contributed by atoms with Crippen molar-refractivity contribution in [2.45, 2.75) is 12.6 Å². The summed E-state index contributed by atoms with van der Waals surface area (Å²) in [5.41, 5.74) is 3.26. The maximum atomic E-state index is 14.2. The van der Waals surface area contributed by atoms with Crippen molar-refractivity contribution in [1.29, 1.82) is 0 Å². The first-order valence-electron chi connectivity index (χ1n) is 14.4. The lowest BCUT2D eigenvalue weighted by atomic mass is 10.0. The molecule has 1 unspecified atom stereocenters. The summed E-state index contributed by atoms with van der Waals surface area (Å²) in [6.07, 6.45) is 0. The van der Waals surface area contributed by atoms with Crippen LogP contribution >= 0.6 is 0 Å². The number of morpholine rings is 1. The molecule has 0 aliphatic carbocycles. The molecule has 1 N–H and O–H groups in total. The summed E-state index contributed by atoms with van der Waals surface area (Å²) in [5.74, 6) is 1.83. The van der Waals surface area contributed by atoms with E-state index in [-0.39, 0.29) is 30.4 Å². The largest absolute Gasteiger partial charge is 0.492 e. The zero-order chi connectivity index (χ0) is 28.9. The number of hydrogen-bond donors (Lipinski definition) is 1. The van der Waals surface area contributed by atoms with Crippen LogP contribution in [0, 0.1) is 0 Å². The molecule has 3 aliphatic heterocycles. The molecule has 8 rings (SSSR count). The van der Waals surface area contributed by atoms with Gasteiger partial charge in [-0.1, -0.05) is 18.2 Å². The fraction of sp³-hybridized carbons (Fsp3) is 0.273. The van der Waals surface area contributed by atoms with Crippen molar-refractivity contribution in [3.05, 3.63) is 99.5 Å². The average Bonchev–Trinajstić information content (AvgIpc) is 3.78. The van der Waals surface area contributed by atoms with Crippen molar-refractivity contribution in [3.63, 3.8) is 0 Å². The van der Waals surface area contributed by atoms with Crippen molar-refractivity contribution in [2.24, 2.45) is 0 Å². The molecule has 5 aromatic rings. The number of pyridine rings is 1. The van der Waals surface area contributed by atoms with Gasteiger partial charge >= 0.3 is 0 Å². The Morgan fingerprint density at radius 1 is 0.977 bits per heavy atom. The van der Waals surface area contributed by atoms with Gasteiger partial charge in [-0.25, -0.2) is 0 Å². The second-order valence-electron chi connectivity index (χ2n) is 11.0. The molecule has 0 spiro atoms. The van der Waals surface area contributed by atoms with E-state index in [9.17, 15) is 9.59 Å². The third-order valence-electron chi connectivity index (χ3n) is 8.41. The lowest BCUT2D eigenvalue weighted by molar-refractivity contribution is 0.0322. The number of amides is 1. The standard InChI is InChI=1S/C33H29N3O7/c37-32-23-3-1-2-4-25(23)34-30-24(32)18-36(31(30)20-5-7-27-28(16-20)42-19-41-27)33(38)29-17-21-15-22(6-8-26(21)43-29)40-14-11-35-9-12-39-13-10-35/h1-8,15-17,31H,9-14,18-19H2,(H,34,37). The summed E-state index contributed by atoms with van der Waals surface area (Å²) >= 11 is 0. The molecule has 3 aromatic carbocycles. The smallest absolute Gasteiger partial charge is 0.290 e. The highest BCUT2D eigenvalue weighted by molar-refractivity contribution is 5.97. The maximum absolute atomic E-state index is 14.2. The second-order valence-corrected chi connectivity index (χ2v) is 11.0. The minimum atomic E-state index is -0.554. The van der Waals surface area contributed by atoms with Crippen LogP contribution in [-0.4, -0.2) is 66.9 Å². The molecule has 3 aliphatic rings. The maximum Gasteiger partial charge on any atom is 0.290 e. The van der Waals surface area contributed by atoms with Crippen LogP contribution in [0.3, 0.4) is 0 Å². The monoisotopic (exact) mass is 579 g/mol. The van der Waals surface area contributed by atoms with Crippen LogP contribution in [0.2, 0.25) is 0 Å². The molecule has 0 radical (unpaired) electrons. The Kier molecular flexibility index (Phi) is 6.31. The number of benzene rings is 3. The fourth-order valence-corrected chi connectivity index (χ4v) is 6.20. The number of aromatic nitrogens is 1. The van der Waals surface area contributed by atoms with E-state index in [1.165, 1.54) is 0 Å². The number of aromatic amines is 1. The van der Waals surface area contributed by atoms with Gasteiger partial charge in [0.1, 0.15) is 17.9 Å². The Labute approximate surface area is 246 Å². The van der Waals surface area contributed by atoms with Gasteiger partial charge in [0.25, 0.3) is 5.91 Å². The molecule has 1 atom stereocenters. The number of ether oxygens (including phenoxy) is 4. The van der Waals surface area contributed by atoms with Crippen LogP contribution in [-0.2, 0) is 11.3 Å². The Balaban J connectivity index is 1.11. The number of rotatable bonds is 6. The van der Waals surface area contributed by atoms with Crippen LogP contribution in [0.1, 0.15) is 33.4 Å². The Hall–Kier alpha value is -4.80. The van der Waals surface area contributed by atoms with E-state index in [1.54, 1.807) is 17.0 Å². The Bertz CT molecular complexity index is 1920. The molecule has 1 amide bonds. The molecule has 218 valence electrons. The van der Waals surface area contributed by atoms with Gasteiger partial charge in [-0.2, -0.15) is 0 Å². The third kappa shape index (κ3) is 4.59. The first-order valence-corrected chi connectivity index (χ1v) is 14.4. The van der Waals surface area contributed by atoms with Gasteiger partial charge in [-0.05, 0) is 54.1 Å². The van der Waals surface area contributed by atoms with Crippen molar-refractivity contribution >= 4 is 27.8 Å². The molecule has 10 heteroatoms. The molecular formula is C33H29N3O7. The quantitative estimate of drug-likeness (QED) is 0.314. The van der Waals surface area contributed by atoms with Crippen molar-refractivity contribution in [1.82, 2.24) is 14.8 Å². The van der Waals surface area contributed by atoms with E-state index in [1.807, 2.05) is 54.6 Å². The Morgan fingerprint density at radius 2 is 1.84 bits per heavy atom. The molecule has 5 heterocycles. The van der Waals surface area contributed by atoms with E-state index >= 15 is 0 Å². The minimum absolute atomic E-state index is 0.0890. The van der Waals surface area contributed by atoms with Crippen molar-refractivity contribution < 1.29 is 28.2 Å². The van der Waals surface area contributed by atoms with E-state index < -0.39 is 6.04 Å². The molecule has 1 saturated heterocycles. The second kappa shape index (κ2) is 10.5. The molecule has 1 fully saturated rings. The number of fused-ring (bicyclic) bond motifs is 4. The highest BCUT2D eigenvalue weighted by atomic mass is 16.7. The summed E-state index contributed by atoms with van der Waals surface area (Å²) in [7, 11) is 0. The molecule has 2 aromatic heterocycles. The summed E-state index contributed by atoms with van der Waals surface area (Å²) in [6.45, 7) is 4.97. The average molecular weight is 580 g/mol. The van der Waals surface area contributed by atoms with Gasteiger partial charge in [0.05, 0.1) is 31.5 Å². The van der Waals surface area contributed by atoms with Crippen LogP contribution in [0.4, 0.5) is 0 Å². The van der Waals surface area contributed by atoms with Gasteiger partial charge < -0.3 is 33.2 Å². The van der Waals surface area contributed by atoms with Gasteiger partial charge in [-0.3, -0.25) is 14.5 Å². The highest BCUT2D eigenvalue weighted by Crippen LogP contribution is 2.42. The lowest BCUT2D eigenvalue weighted by Gasteiger charge is -2.26. The van der Waals surface area contributed by atoms with Crippen LogP contribution < -0.4 is 19.6 Å². The predicted molar refractivity (Wildman–Crippen MR) is 158 cm³/mol. The van der Waals surface area contributed by atoms with Gasteiger partial charge in [-0.15, -0.1) is 0 Å². The summed E-state index contributed by atoms with van der Waals surface area (Å²) in [5, 5.41) is 1.36. The highest BCUT2D eigenvalue weighted by Gasteiger charge is 2.39. The summed E-state index contributed by atoms with van der Waals surface area (Å²) in [4.78, 5) is 35.2. The number of para-hydroxylation sites is 1. The zero-order valence-electron chi connectivity index (χ0n) is 23.3. The van der Waals surface area contributed by atoms with E-state index in [2.05, 4.69) is 9.88 Å². The van der Waals surface area contributed by atoms with Crippen molar-refractivity contribution in [3.8, 4) is 17.2 Å². The number of nitrogens with one attached hydrogen (secondary N) is 1. The molecule has 43 heavy (non-hydrogen) atoms. The number of H-pyrrole nitrogens is 1. The van der Waals surface area contributed by atoms with Gasteiger partial charge in [0.15, 0.2) is 22.7 Å². The topological polar surface area (TPSA) is 106 Å². The molecular weight excluding hydrogens is 550 g/mol. The van der Waals surface area contributed by atoms with Crippen molar-refractivity contribution in [2.75, 3.05) is 46.2 Å². The van der Waals surface area contributed by atoms with E-state index in [0.29, 0.717) is 46.1 Å². The number of nitrogens with zero attached hydrogens (tertiary/aromatic N) is 2. The van der Waals surface area contributed by atoms with Crippen LogP contribution in [0.15, 0.2) is 75.9 Å². The van der Waals surface area contributed by atoms with E-state index in [4.69, 9.17) is 23.4 Å². The number of hydrogen-bond acceptors (Lipinski definition) is 8. The summed E-state index contributed by atoms with van der Waals surface area (Å²) < 4.78 is 28.6. The lowest BCUT2D eigenvalue weighted by Crippen LogP contribution is -2.38. The number of furan rings is 1.